The number of carbonyl (C=O) groups is 2. The molecule has 0 saturated carbocycles. The van der Waals surface area contributed by atoms with E-state index in [4.69, 9.17) is 0 Å². The molecule has 4 aromatic rings. The van der Waals surface area contributed by atoms with E-state index in [1.807, 2.05) is 54.0 Å². The van der Waals surface area contributed by atoms with E-state index in [0.29, 0.717) is 17.5 Å². The van der Waals surface area contributed by atoms with Gasteiger partial charge in [0.15, 0.2) is 11.0 Å². The fourth-order valence-electron chi connectivity index (χ4n) is 3.60. The molecule has 174 valence electrons. The van der Waals surface area contributed by atoms with E-state index in [-0.39, 0.29) is 17.2 Å². The highest BCUT2D eigenvalue weighted by molar-refractivity contribution is 7.99. The van der Waals surface area contributed by atoms with Crippen molar-refractivity contribution in [3.63, 3.8) is 0 Å². The van der Waals surface area contributed by atoms with Crippen molar-refractivity contribution in [2.75, 3.05) is 11.1 Å². The van der Waals surface area contributed by atoms with Crippen LogP contribution in [-0.2, 0) is 11.3 Å². The Morgan fingerprint density at radius 1 is 1.03 bits per heavy atom. The SMILES string of the molecule is CCn1c(SCC(=O)Nc2ccc3ccccc3c2)nnc1[C@H](C)NC(=O)c1ccccc1F. The first-order valence-electron chi connectivity index (χ1n) is 10.9. The van der Waals surface area contributed by atoms with E-state index in [0.717, 1.165) is 16.5 Å². The van der Waals surface area contributed by atoms with Crippen molar-refractivity contribution in [1.82, 2.24) is 20.1 Å². The molecule has 2 amide bonds. The van der Waals surface area contributed by atoms with E-state index < -0.39 is 17.8 Å². The topological polar surface area (TPSA) is 88.9 Å². The number of nitrogens with zero attached hydrogens (tertiary/aromatic N) is 3. The number of benzene rings is 3. The van der Waals surface area contributed by atoms with Crippen LogP contribution in [-0.4, -0.2) is 32.3 Å². The van der Waals surface area contributed by atoms with Gasteiger partial charge in [-0.15, -0.1) is 10.2 Å². The summed E-state index contributed by atoms with van der Waals surface area (Å²) in [5.41, 5.74) is 0.698. The lowest BCUT2D eigenvalue weighted by atomic mass is 10.1. The molecule has 0 aliphatic carbocycles. The molecular formula is C25H24FN5O2S. The van der Waals surface area contributed by atoms with Gasteiger partial charge in [-0.3, -0.25) is 9.59 Å². The van der Waals surface area contributed by atoms with Gasteiger partial charge in [0.05, 0.1) is 17.4 Å². The predicted molar refractivity (Wildman–Crippen MR) is 131 cm³/mol. The van der Waals surface area contributed by atoms with Crippen LogP contribution in [0, 0.1) is 5.82 Å². The zero-order valence-corrected chi connectivity index (χ0v) is 19.6. The van der Waals surface area contributed by atoms with Crippen LogP contribution in [0.3, 0.4) is 0 Å². The Bertz CT molecular complexity index is 1340. The van der Waals surface area contributed by atoms with Gasteiger partial charge < -0.3 is 15.2 Å². The lowest BCUT2D eigenvalue weighted by Crippen LogP contribution is -2.29. The number of halogens is 1. The molecule has 1 atom stereocenters. The molecule has 0 radical (unpaired) electrons. The van der Waals surface area contributed by atoms with Crippen molar-refractivity contribution in [1.29, 1.82) is 0 Å². The summed E-state index contributed by atoms with van der Waals surface area (Å²) in [5, 5.41) is 16.8. The molecule has 4 rings (SSSR count). The van der Waals surface area contributed by atoms with Gasteiger partial charge in [0.2, 0.25) is 5.91 Å². The lowest BCUT2D eigenvalue weighted by Gasteiger charge is -2.15. The zero-order valence-electron chi connectivity index (χ0n) is 18.8. The molecule has 9 heteroatoms. The van der Waals surface area contributed by atoms with Gasteiger partial charge in [-0.05, 0) is 48.9 Å². The number of amides is 2. The van der Waals surface area contributed by atoms with Crippen LogP contribution in [0.15, 0.2) is 71.9 Å². The first-order valence-corrected chi connectivity index (χ1v) is 11.8. The zero-order chi connectivity index (χ0) is 24.1. The van der Waals surface area contributed by atoms with Crippen LogP contribution >= 0.6 is 11.8 Å². The minimum Gasteiger partial charge on any atom is -0.342 e. The molecule has 2 N–H and O–H groups in total. The summed E-state index contributed by atoms with van der Waals surface area (Å²) in [7, 11) is 0. The van der Waals surface area contributed by atoms with Gasteiger partial charge in [0.25, 0.3) is 5.91 Å². The summed E-state index contributed by atoms with van der Waals surface area (Å²) in [6.45, 7) is 4.24. The van der Waals surface area contributed by atoms with E-state index >= 15 is 0 Å². The number of fused-ring (bicyclic) bond motifs is 1. The quantitative estimate of drug-likeness (QED) is 0.356. The Labute approximate surface area is 200 Å². The Balaban J connectivity index is 1.39. The van der Waals surface area contributed by atoms with Crippen LogP contribution in [0.4, 0.5) is 10.1 Å². The van der Waals surface area contributed by atoms with E-state index in [1.165, 1.54) is 30.0 Å². The third-order valence-electron chi connectivity index (χ3n) is 5.28. The molecular weight excluding hydrogens is 453 g/mol. The predicted octanol–water partition coefficient (Wildman–Crippen LogP) is 4.81. The average Bonchev–Trinajstić information content (AvgIpc) is 3.26. The number of aromatic nitrogens is 3. The second-order valence-electron chi connectivity index (χ2n) is 7.66. The summed E-state index contributed by atoms with van der Waals surface area (Å²) in [4.78, 5) is 25.0. The fraction of sp³-hybridized carbons (Fsp3) is 0.200. The normalized spacial score (nSPS) is 11.9. The summed E-state index contributed by atoms with van der Waals surface area (Å²) in [6, 6.07) is 19.0. The molecule has 1 heterocycles. The number of thioether (sulfide) groups is 1. The Kier molecular flexibility index (Phi) is 7.22. The third kappa shape index (κ3) is 5.26. The smallest absolute Gasteiger partial charge is 0.254 e. The summed E-state index contributed by atoms with van der Waals surface area (Å²) in [5.74, 6) is -0.586. The monoisotopic (exact) mass is 477 g/mol. The second kappa shape index (κ2) is 10.5. The first-order chi connectivity index (χ1) is 16.5. The molecule has 0 bridgehead atoms. The average molecular weight is 478 g/mol. The minimum atomic E-state index is -0.585. The van der Waals surface area contributed by atoms with Crippen LogP contribution < -0.4 is 10.6 Å². The van der Waals surface area contributed by atoms with Gasteiger partial charge in [-0.25, -0.2) is 4.39 Å². The number of nitrogens with one attached hydrogen (secondary N) is 2. The van der Waals surface area contributed by atoms with Crippen molar-refractivity contribution in [2.45, 2.75) is 31.6 Å². The Morgan fingerprint density at radius 3 is 2.53 bits per heavy atom. The maximum absolute atomic E-state index is 13.9. The number of hydrogen-bond acceptors (Lipinski definition) is 5. The first kappa shape index (κ1) is 23.4. The lowest BCUT2D eigenvalue weighted by molar-refractivity contribution is -0.113. The van der Waals surface area contributed by atoms with Gasteiger partial charge in [-0.2, -0.15) is 0 Å². The summed E-state index contributed by atoms with van der Waals surface area (Å²) >= 11 is 1.26. The molecule has 34 heavy (non-hydrogen) atoms. The molecule has 0 unspecified atom stereocenters. The van der Waals surface area contributed by atoms with Crippen molar-refractivity contribution in [3.8, 4) is 0 Å². The maximum atomic E-state index is 13.9. The largest absolute Gasteiger partial charge is 0.342 e. The minimum absolute atomic E-state index is 0.0307. The van der Waals surface area contributed by atoms with Crippen LogP contribution in [0.25, 0.3) is 10.8 Å². The second-order valence-corrected chi connectivity index (χ2v) is 8.60. The molecule has 0 aliphatic rings. The van der Waals surface area contributed by atoms with E-state index in [1.54, 1.807) is 13.0 Å². The highest BCUT2D eigenvalue weighted by atomic mass is 32.2. The van der Waals surface area contributed by atoms with Gasteiger partial charge in [-0.1, -0.05) is 54.2 Å². The third-order valence-corrected chi connectivity index (χ3v) is 6.25. The Morgan fingerprint density at radius 2 is 1.76 bits per heavy atom. The molecule has 0 saturated heterocycles. The Hall–Kier alpha value is -3.72. The van der Waals surface area contributed by atoms with Crippen molar-refractivity contribution in [2.24, 2.45) is 0 Å². The summed E-state index contributed by atoms with van der Waals surface area (Å²) in [6.07, 6.45) is 0. The number of rotatable bonds is 8. The highest BCUT2D eigenvalue weighted by Crippen LogP contribution is 2.23. The van der Waals surface area contributed by atoms with Gasteiger partial charge >= 0.3 is 0 Å². The van der Waals surface area contributed by atoms with Crippen molar-refractivity contribution < 1.29 is 14.0 Å². The number of anilines is 1. The van der Waals surface area contributed by atoms with Crippen LogP contribution in [0.5, 0.6) is 0 Å². The fourth-order valence-corrected chi connectivity index (χ4v) is 4.41. The molecule has 3 aromatic carbocycles. The van der Waals surface area contributed by atoms with Crippen LogP contribution in [0.2, 0.25) is 0 Å². The number of carbonyl (C=O) groups excluding carboxylic acids is 2. The van der Waals surface area contributed by atoms with Crippen molar-refractivity contribution in [3.05, 3.63) is 83.9 Å². The van der Waals surface area contributed by atoms with Gasteiger partial charge in [0, 0.05) is 12.2 Å². The molecule has 1 aromatic heterocycles. The maximum Gasteiger partial charge on any atom is 0.254 e. The standard InChI is InChI=1S/C25H24FN5O2S/c1-3-31-23(16(2)27-24(33)20-10-6-7-11-21(20)26)29-30-25(31)34-15-22(32)28-19-13-12-17-8-4-5-9-18(17)14-19/h4-14,16H,3,15H2,1-2H3,(H,27,33)(H,28,32)/t16-/m0/s1. The van der Waals surface area contributed by atoms with Gasteiger partial charge in [0.1, 0.15) is 5.82 Å². The van der Waals surface area contributed by atoms with Crippen LogP contribution in [0.1, 0.15) is 36.1 Å². The molecule has 0 fully saturated rings. The highest BCUT2D eigenvalue weighted by Gasteiger charge is 2.21. The molecule has 7 nitrogen and oxygen atoms in total. The summed E-state index contributed by atoms with van der Waals surface area (Å²) < 4.78 is 15.8. The molecule has 0 spiro atoms. The van der Waals surface area contributed by atoms with E-state index in [2.05, 4.69) is 20.8 Å². The van der Waals surface area contributed by atoms with Crippen molar-refractivity contribution >= 4 is 40.0 Å². The molecule has 0 aliphatic heterocycles. The van der Waals surface area contributed by atoms with E-state index in [9.17, 15) is 14.0 Å². The number of hydrogen-bond donors (Lipinski definition) is 2.